The van der Waals surface area contributed by atoms with Gasteiger partial charge in [-0.25, -0.2) is 9.97 Å². The number of hydrogen-bond acceptors (Lipinski definition) is 9. The first-order chi connectivity index (χ1) is 14.4. The zero-order valence-electron chi connectivity index (χ0n) is 15.0. The van der Waals surface area contributed by atoms with Crippen molar-refractivity contribution in [2.45, 2.75) is 0 Å². The molecule has 1 aromatic carbocycles. The van der Waals surface area contributed by atoms with E-state index < -0.39 is 23.1 Å². The third-order valence-electron chi connectivity index (χ3n) is 3.50. The molecule has 0 unspecified atom stereocenters. The van der Waals surface area contributed by atoms with E-state index in [9.17, 15) is 14.9 Å². The second-order valence-electron chi connectivity index (χ2n) is 5.58. The maximum Gasteiger partial charge on any atom is 0.355 e. The number of hydrogen-bond donors (Lipinski definition) is 3. The molecule has 0 saturated heterocycles. The third kappa shape index (κ3) is 5.43. The van der Waals surface area contributed by atoms with Crippen LogP contribution in [-0.4, -0.2) is 32.4 Å². The Balaban J connectivity index is 1.66. The van der Waals surface area contributed by atoms with Crippen molar-refractivity contribution in [1.82, 2.24) is 20.4 Å². The van der Waals surface area contributed by atoms with Gasteiger partial charge in [0.05, 0.1) is 21.8 Å². The van der Waals surface area contributed by atoms with Crippen molar-refractivity contribution < 1.29 is 14.5 Å². The van der Waals surface area contributed by atoms with E-state index in [1.165, 1.54) is 18.3 Å². The molecule has 154 valence electrons. The summed E-state index contributed by atoms with van der Waals surface area (Å²) in [4.78, 5) is 34.5. The molecule has 0 radical (unpaired) electrons. The molecule has 0 aliphatic carbocycles. The van der Waals surface area contributed by atoms with Crippen LogP contribution in [0.4, 0.5) is 23.0 Å². The highest BCUT2D eigenvalue weighted by atomic mass is 35.5. The van der Waals surface area contributed by atoms with Crippen molar-refractivity contribution in [3.8, 4) is 5.75 Å². The molecule has 11 nitrogen and oxygen atoms in total. The van der Waals surface area contributed by atoms with Crippen LogP contribution in [-0.2, 0) is 4.79 Å². The van der Waals surface area contributed by atoms with Crippen LogP contribution in [0.1, 0.15) is 0 Å². The minimum atomic E-state index is -0.683. The van der Waals surface area contributed by atoms with Gasteiger partial charge in [-0.1, -0.05) is 23.2 Å². The van der Waals surface area contributed by atoms with Gasteiger partial charge >= 0.3 is 5.69 Å². The predicted octanol–water partition coefficient (Wildman–Crippen LogP) is 3.35. The molecule has 2 heterocycles. The van der Waals surface area contributed by atoms with Crippen LogP contribution < -0.4 is 20.9 Å². The van der Waals surface area contributed by atoms with Crippen LogP contribution in [0.25, 0.3) is 0 Å². The molecule has 0 fully saturated rings. The zero-order chi connectivity index (χ0) is 21.5. The van der Waals surface area contributed by atoms with Crippen molar-refractivity contribution in [2.75, 3.05) is 17.3 Å². The first-order valence-electron chi connectivity index (χ1n) is 8.23. The van der Waals surface area contributed by atoms with Gasteiger partial charge in [0.25, 0.3) is 5.91 Å². The highest BCUT2D eigenvalue weighted by molar-refractivity contribution is 6.35. The number of aromatic nitrogens is 3. The number of nitrogens with one attached hydrogen (secondary N) is 3. The highest BCUT2D eigenvalue weighted by Crippen LogP contribution is 2.30. The SMILES string of the molecule is O=C(COc1ccc(Cl)cc1Cl)NNc1ncnc(Nc2cccnc2)c1[N+](=O)[O-]. The van der Waals surface area contributed by atoms with Crippen molar-refractivity contribution >= 4 is 52.1 Å². The molecule has 0 aliphatic heterocycles. The van der Waals surface area contributed by atoms with Gasteiger partial charge < -0.3 is 10.1 Å². The number of amides is 1. The number of nitrogens with zero attached hydrogens (tertiary/aromatic N) is 4. The third-order valence-corrected chi connectivity index (χ3v) is 4.03. The lowest BCUT2D eigenvalue weighted by Crippen LogP contribution is -2.34. The topological polar surface area (TPSA) is 144 Å². The summed E-state index contributed by atoms with van der Waals surface area (Å²) in [5.74, 6) is -0.675. The average Bonchev–Trinajstić information content (AvgIpc) is 2.72. The Morgan fingerprint density at radius 3 is 2.70 bits per heavy atom. The van der Waals surface area contributed by atoms with E-state index in [1.54, 1.807) is 24.4 Å². The Morgan fingerprint density at radius 1 is 1.20 bits per heavy atom. The normalized spacial score (nSPS) is 10.2. The second kappa shape index (κ2) is 9.67. The van der Waals surface area contributed by atoms with E-state index in [0.717, 1.165) is 6.33 Å². The lowest BCUT2D eigenvalue weighted by atomic mass is 10.3. The molecule has 3 aromatic rings. The molecular formula is C17H13Cl2N7O4. The van der Waals surface area contributed by atoms with Crippen molar-refractivity contribution in [2.24, 2.45) is 0 Å². The monoisotopic (exact) mass is 449 g/mol. The Bertz CT molecular complexity index is 1070. The smallest absolute Gasteiger partial charge is 0.355 e. The molecule has 0 bridgehead atoms. The van der Waals surface area contributed by atoms with Gasteiger partial charge in [-0.2, -0.15) is 0 Å². The number of pyridine rings is 1. The second-order valence-corrected chi connectivity index (χ2v) is 6.42. The van der Waals surface area contributed by atoms with Crippen molar-refractivity contribution in [3.63, 3.8) is 0 Å². The maximum atomic E-state index is 12.0. The van der Waals surface area contributed by atoms with Gasteiger partial charge in [-0.05, 0) is 30.3 Å². The van der Waals surface area contributed by atoms with Crippen LogP contribution in [0.2, 0.25) is 10.0 Å². The number of rotatable bonds is 8. The quantitative estimate of drug-likeness (QED) is 0.348. The van der Waals surface area contributed by atoms with Crippen LogP contribution in [0, 0.1) is 10.1 Å². The minimum absolute atomic E-state index is 0.0797. The predicted molar refractivity (Wildman–Crippen MR) is 110 cm³/mol. The molecule has 0 aliphatic rings. The lowest BCUT2D eigenvalue weighted by Gasteiger charge is -2.11. The first-order valence-corrected chi connectivity index (χ1v) is 8.99. The molecular weight excluding hydrogens is 437 g/mol. The molecule has 1 amide bonds. The van der Waals surface area contributed by atoms with E-state index >= 15 is 0 Å². The molecule has 2 aromatic heterocycles. The molecule has 30 heavy (non-hydrogen) atoms. The summed E-state index contributed by atoms with van der Waals surface area (Å²) in [7, 11) is 0. The molecule has 0 atom stereocenters. The molecule has 3 rings (SSSR count). The van der Waals surface area contributed by atoms with Crippen LogP contribution in [0.3, 0.4) is 0 Å². The summed E-state index contributed by atoms with van der Waals surface area (Å²) >= 11 is 11.8. The van der Waals surface area contributed by atoms with Crippen LogP contribution in [0.15, 0.2) is 49.1 Å². The summed E-state index contributed by atoms with van der Waals surface area (Å²) in [5.41, 5.74) is 4.69. The number of hydrazine groups is 1. The van der Waals surface area contributed by atoms with Gasteiger partial charge in [0.15, 0.2) is 6.61 Å². The van der Waals surface area contributed by atoms with E-state index in [4.69, 9.17) is 27.9 Å². The van der Waals surface area contributed by atoms with E-state index in [0.29, 0.717) is 10.7 Å². The van der Waals surface area contributed by atoms with E-state index in [2.05, 4.69) is 31.1 Å². The fourth-order valence-electron chi connectivity index (χ4n) is 2.21. The number of ether oxygens (including phenoxy) is 1. The summed E-state index contributed by atoms with van der Waals surface area (Å²) < 4.78 is 5.29. The standard InChI is InChI=1S/C17H13Cl2N7O4/c18-10-3-4-13(12(19)6-10)30-8-14(27)24-25-17-15(26(28)29)16(21-9-22-17)23-11-2-1-5-20-7-11/h1-7,9H,8H2,(H,24,27)(H2,21,22,23,25). The van der Waals surface area contributed by atoms with Gasteiger partial charge in [-0.3, -0.25) is 30.7 Å². The average molecular weight is 450 g/mol. The fourth-order valence-corrected chi connectivity index (χ4v) is 2.67. The zero-order valence-corrected chi connectivity index (χ0v) is 16.5. The molecule has 0 spiro atoms. The summed E-state index contributed by atoms with van der Waals surface area (Å²) in [6, 6.07) is 7.85. The number of carbonyl (C=O) groups is 1. The van der Waals surface area contributed by atoms with Crippen molar-refractivity contribution in [1.29, 1.82) is 0 Å². The number of carbonyl (C=O) groups excluding carboxylic acids is 1. The summed E-state index contributed by atoms with van der Waals surface area (Å²) in [6.07, 6.45) is 4.13. The Hall–Kier alpha value is -3.70. The number of halogens is 2. The van der Waals surface area contributed by atoms with Crippen LogP contribution >= 0.6 is 23.2 Å². The van der Waals surface area contributed by atoms with E-state index in [-0.39, 0.29) is 22.4 Å². The Kier molecular flexibility index (Phi) is 6.78. The maximum absolute atomic E-state index is 12.0. The van der Waals surface area contributed by atoms with Gasteiger partial charge in [0, 0.05) is 11.2 Å². The Labute approximate surface area is 179 Å². The number of nitro groups is 1. The van der Waals surface area contributed by atoms with Gasteiger partial charge in [0.2, 0.25) is 11.6 Å². The minimum Gasteiger partial charge on any atom is -0.482 e. The summed E-state index contributed by atoms with van der Waals surface area (Å²) in [5, 5.41) is 15.0. The largest absolute Gasteiger partial charge is 0.482 e. The highest BCUT2D eigenvalue weighted by Gasteiger charge is 2.23. The first kappa shape index (κ1) is 21.0. The number of anilines is 3. The van der Waals surface area contributed by atoms with E-state index in [1.807, 2.05) is 0 Å². The molecule has 0 saturated carbocycles. The lowest BCUT2D eigenvalue weighted by molar-refractivity contribution is -0.383. The Morgan fingerprint density at radius 2 is 2.00 bits per heavy atom. The summed E-state index contributed by atoms with van der Waals surface area (Å²) in [6.45, 7) is -0.409. The van der Waals surface area contributed by atoms with Crippen molar-refractivity contribution in [3.05, 3.63) is 69.2 Å². The van der Waals surface area contributed by atoms with Crippen LogP contribution in [0.5, 0.6) is 5.75 Å². The fraction of sp³-hybridized carbons (Fsp3) is 0.0588. The van der Waals surface area contributed by atoms with Gasteiger partial charge in [-0.15, -0.1) is 0 Å². The molecule has 3 N–H and O–H groups in total. The number of benzene rings is 1. The van der Waals surface area contributed by atoms with Gasteiger partial charge in [0.1, 0.15) is 12.1 Å². The molecule has 13 heteroatoms.